The van der Waals surface area contributed by atoms with Crippen molar-refractivity contribution in [2.75, 3.05) is 13.2 Å². The summed E-state index contributed by atoms with van der Waals surface area (Å²) in [6.45, 7) is 3.30. The molecule has 30 heavy (non-hydrogen) atoms. The van der Waals surface area contributed by atoms with Gasteiger partial charge in [-0.1, -0.05) is 12.1 Å². The van der Waals surface area contributed by atoms with Crippen LogP contribution in [0.25, 0.3) is 22.1 Å². The Balaban J connectivity index is 1.43. The minimum atomic E-state index is -0.952. The Bertz CT molecular complexity index is 1100. The van der Waals surface area contributed by atoms with E-state index in [0.29, 0.717) is 26.2 Å². The van der Waals surface area contributed by atoms with Crippen LogP contribution in [-0.4, -0.2) is 44.9 Å². The molecule has 0 spiro atoms. The van der Waals surface area contributed by atoms with Gasteiger partial charge in [0.1, 0.15) is 23.4 Å². The van der Waals surface area contributed by atoms with Crippen LogP contribution >= 0.6 is 0 Å². The minimum absolute atomic E-state index is 0.324. The molecule has 0 aliphatic carbocycles. The molecule has 3 aromatic heterocycles. The van der Waals surface area contributed by atoms with E-state index in [1.807, 2.05) is 48.5 Å². The number of hydrogen-bond acceptors (Lipinski definition) is 5. The third-order valence-corrected chi connectivity index (χ3v) is 4.95. The molecule has 0 radical (unpaired) electrons. The maximum atomic E-state index is 11.2. The standard InChI is InChI=1S/C23H23N3O4/c1-2-29-20(23(27)28)15-16-7-9-17(10-8-16)30-14-13-26-18-5-3-11-24-21(18)22-19(26)6-4-12-25-22/h3-12,20H,2,13-15H2,1H3,(H,27,28). The normalized spacial score (nSPS) is 12.3. The van der Waals surface area contributed by atoms with E-state index in [0.717, 1.165) is 33.4 Å². The number of nitrogens with zero attached hydrogens (tertiary/aromatic N) is 3. The fraction of sp³-hybridized carbons (Fsp3) is 0.261. The number of carboxylic acid groups (broad SMARTS) is 1. The van der Waals surface area contributed by atoms with Crippen LogP contribution in [0.15, 0.2) is 60.9 Å². The zero-order chi connectivity index (χ0) is 20.9. The number of aromatic nitrogens is 3. The van der Waals surface area contributed by atoms with Crippen molar-refractivity contribution in [3.8, 4) is 5.75 Å². The van der Waals surface area contributed by atoms with Crippen molar-refractivity contribution < 1.29 is 19.4 Å². The van der Waals surface area contributed by atoms with Crippen molar-refractivity contribution in [3.05, 3.63) is 66.5 Å². The number of pyridine rings is 2. The summed E-state index contributed by atoms with van der Waals surface area (Å²) in [5.41, 5.74) is 4.73. The summed E-state index contributed by atoms with van der Waals surface area (Å²) in [7, 11) is 0. The lowest BCUT2D eigenvalue weighted by molar-refractivity contribution is -0.149. The van der Waals surface area contributed by atoms with Crippen LogP contribution in [0.2, 0.25) is 0 Å². The third-order valence-electron chi connectivity index (χ3n) is 4.95. The van der Waals surface area contributed by atoms with E-state index in [-0.39, 0.29) is 0 Å². The second kappa shape index (κ2) is 8.92. The smallest absolute Gasteiger partial charge is 0.333 e. The molecular weight excluding hydrogens is 382 g/mol. The van der Waals surface area contributed by atoms with E-state index < -0.39 is 12.1 Å². The highest BCUT2D eigenvalue weighted by atomic mass is 16.5. The van der Waals surface area contributed by atoms with Crippen molar-refractivity contribution in [3.63, 3.8) is 0 Å². The molecule has 1 N–H and O–H groups in total. The van der Waals surface area contributed by atoms with Gasteiger partial charge in [0.05, 0.1) is 17.6 Å². The highest BCUT2D eigenvalue weighted by Gasteiger charge is 2.18. The topological polar surface area (TPSA) is 86.5 Å². The highest BCUT2D eigenvalue weighted by molar-refractivity contribution is 6.02. The van der Waals surface area contributed by atoms with Crippen LogP contribution in [0, 0.1) is 0 Å². The van der Waals surface area contributed by atoms with Crippen LogP contribution in [0.5, 0.6) is 5.75 Å². The van der Waals surface area contributed by atoms with Gasteiger partial charge in [0, 0.05) is 25.4 Å². The Morgan fingerprint density at radius 2 is 1.67 bits per heavy atom. The van der Waals surface area contributed by atoms with Crippen LogP contribution in [0.1, 0.15) is 12.5 Å². The van der Waals surface area contributed by atoms with Crippen molar-refractivity contribution >= 4 is 28.0 Å². The average molecular weight is 405 g/mol. The van der Waals surface area contributed by atoms with Gasteiger partial charge < -0.3 is 19.1 Å². The molecule has 0 aliphatic rings. The molecule has 7 heteroatoms. The molecule has 0 fully saturated rings. The molecule has 0 aliphatic heterocycles. The van der Waals surface area contributed by atoms with Gasteiger partial charge in [0.25, 0.3) is 0 Å². The minimum Gasteiger partial charge on any atom is -0.492 e. The lowest BCUT2D eigenvalue weighted by Crippen LogP contribution is -2.26. The Morgan fingerprint density at radius 1 is 1.03 bits per heavy atom. The molecule has 0 saturated carbocycles. The Morgan fingerprint density at radius 3 is 2.23 bits per heavy atom. The summed E-state index contributed by atoms with van der Waals surface area (Å²) < 4.78 is 13.4. The zero-order valence-corrected chi connectivity index (χ0v) is 16.7. The van der Waals surface area contributed by atoms with Crippen molar-refractivity contribution in [2.45, 2.75) is 26.0 Å². The number of ether oxygens (including phenoxy) is 2. The third kappa shape index (κ3) is 4.11. The van der Waals surface area contributed by atoms with E-state index in [1.54, 1.807) is 19.3 Å². The van der Waals surface area contributed by atoms with Crippen molar-refractivity contribution in [1.82, 2.24) is 14.5 Å². The number of carboxylic acids is 1. The number of rotatable bonds is 9. The number of hydrogen-bond donors (Lipinski definition) is 1. The van der Waals surface area contributed by atoms with Gasteiger partial charge in [-0.25, -0.2) is 4.79 Å². The van der Waals surface area contributed by atoms with E-state index in [9.17, 15) is 9.90 Å². The second-order valence-corrected chi connectivity index (χ2v) is 6.87. The molecular formula is C23H23N3O4. The Hall–Kier alpha value is -3.45. The van der Waals surface area contributed by atoms with Crippen LogP contribution < -0.4 is 4.74 Å². The van der Waals surface area contributed by atoms with Crippen molar-refractivity contribution in [2.24, 2.45) is 0 Å². The number of aliphatic carboxylic acids is 1. The predicted molar refractivity (Wildman–Crippen MR) is 114 cm³/mol. The van der Waals surface area contributed by atoms with E-state index in [2.05, 4.69) is 14.5 Å². The molecule has 7 nitrogen and oxygen atoms in total. The molecule has 1 unspecified atom stereocenters. The van der Waals surface area contributed by atoms with E-state index in [4.69, 9.17) is 9.47 Å². The predicted octanol–water partition coefficient (Wildman–Crippen LogP) is 3.70. The lowest BCUT2D eigenvalue weighted by atomic mass is 10.1. The molecule has 4 aromatic rings. The molecule has 1 atom stereocenters. The second-order valence-electron chi connectivity index (χ2n) is 6.87. The van der Waals surface area contributed by atoms with Crippen LogP contribution in [0.4, 0.5) is 0 Å². The van der Waals surface area contributed by atoms with E-state index in [1.165, 1.54) is 0 Å². The lowest BCUT2D eigenvalue weighted by Gasteiger charge is -2.13. The molecule has 3 heterocycles. The number of fused-ring (bicyclic) bond motifs is 3. The molecule has 0 bridgehead atoms. The van der Waals surface area contributed by atoms with Gasteiger partial charge in [-0.3, -0.25) is 9.97 Å². The summed E-state index contributed by atoms with van der Waals surface area (Å²) in [5.74, 6) is -0.216. The average Bonchev–Trinajstić information content (AvgIpc) is 3.09. The molecule has 1 aromatic carbocycles. The fourth-order valence-electron chi connectivity index (χ4n) is 3.57. The first kappa shape index (κ1) is 19.8. The maximum Gasteiger partial charge on any atom is 0.333 e. The SMILES string of the molecule is CCOC(Cc1ccc(OCCn2c3cccnc3c3ncccc32)cc1)C(=O)O. The summed E-state index contributed by atoms with van der Waals surface area (Å²) in [6.07, 6.45) is 3.04. The number of carbonyl (C=O) groups is 1. The largest absolute Gasteiger partial charge is 0.492 e. The first-order valence-corrected chi connectivity index (χ1v) is 9.91. The van der Waals surface area contributed by atoms with Gasteiger partial charge in [-0.05, 0) is 48.9 Å². The van der Waals surface area contributed by atoms with Crippen molar-refractivity contribution in [1.29, 1.82) is 0 Å². The fourth-order valence-corrected chi connectivity index (χ4v) is 3.57. The van der Waals surface area contributed by atoms with Crippen LogP contribution in [0.3, 0.4) is 0 Å². The summed E-state index contributed by atoms with van der Waals surface area (Å²) in [5, 5.41) is 9.22. The maximum absolute atomic E-state index is 11.2. The van der Waals surface area contributed by atoms with Gasteiger partial charge >= 0.3 is 5.97 Å². The number of benzene rings is 1. The van der Waals surface area contributed by atoms with Gasteiger partial charge in [0.15, 0.2) is 6.10 Å². The summed E-state index contributed by atoms with van der Waals surface area (Å²) in [6, 6.07) is 15.4. The quantitative estimate of drug-likeness (QED) is 0.457. The Kier molecular flexibility index (Phi) is 5.90. The van der Waals surface area contributed by atoms with Gasteiger partial charge in [-0.2, -0.15) is 0 Å². The summed E-state index contributed by atoms with van der Waals surface area (Å²) in [4.78, 5) is 20.2. The monoisotopic (exact) mass is 405 g/mol. The molecule has 4 rings (SSSR count). The first-order valence-electron chi connectivity index (χ1n) is 9.91. The van der Waals surface area contributed by atoms with E-state index >= 15 is 0 Å². The first-order chi connectivity index (χ1) is 14.7. The van der Waals surface area contributed by atoms with Gasteiger partial charge in [-0.15, -0.1) is 0 Å². The van der Waals surface area contributed by atoms with Gasteiger partial charge in [0.2, 0.25) is 0 Å². The Labute approximate surface area is 173 Å². The zero-order valence-electron chi connectivity index (χ0n) is 16.7. The molecule has 0 saturated heterocycles. The summed E-state index contributed by atoms with van der Waals surface area (Å²) >= 11 is 0. The van der Waals surface area contributed by atoms with Crippen LogP contribution in [-0.2, 0) is 22.5 Å². The molecule has 0 amide bonds. The highest BCUT2D eigenvalue weighted by Crippen LogP contribution is 2.25. The molecule has 154 valence electrons.